The normalized spacial score (nSPS) is 20.1. The number of esters is 1. The molecule has 1 aromatic carbocycles. The first-order valence-electron chi connectivity index (χ1n) is 18.3. The quantitative estimate of drug-likeness (QED) is 0.0271. The molecule has 7 N–H and O–H groups in total. The zero-order valence-corrected chi connectivity index (χ0v) is 31.8. The van der Waals surface area contributed by atoms with Crippen molar-refractivity contribution in [2.45, 2.75) is 63.5 Å². The van der Waals surface area contributed by atoms with Gasteiger partial charge >= 0.3 is 11.9 Å². The molecule has 3 rings (SSSR count). The number of carboxylic acid groups (broad SMARTS) is 1. The molecule has 0 bridgehead atoms. The lowest BCUT2D eigenvalue weighted by Gasteiger charge is -2.38. The predicted molar refractivity (Wildman–Crippen MR) is 194 cm³/mol. The van der Waals surface area contributed by atoms with E-state index < -0.39 is 60.4 Å². The summed E-state index contributed by atoms with van der Waals surface area (Å²) in [5, 5.41) is 47.6. The third kappa shape index (κ3) is 16.8. The Morgan fingerprint density at radius 1 is 0.724 bits per heavy atom. The molecule has 5 amide bonds. The highest BCUT2D eigenvalue weighted by atomic mass is 16.7. The van der Waals surface area contributed by atoms with Gasteiger partial charge in [0, 0.05) is 58.0 Å². The highest BCUT2D eigenvalue weighted by molar-refractivity contribution is 6.13. The maximum absolute atomic E-state index is 12.8. The van der Waals surface area contributed by atoms with Crippen molar-refractivity contribution >= 4 is 47.2 Å². The number of benzene rings is 1. The molecule has 5 atom stereocenters. The van der Waals surface area contributed by atoms with Gasteiger partial charge in [-0.15, -0.1) is 0 Å². The second-order valence-electron chi connectivity index (χ2n) is 12.6. The number of imide groups is 1. The van der Waals surface area contributed by atoms with Gasteiger partial charge in [-0.25, -0.2) is 4.79 Å². The molecular formula is C36H50N4O18. The Morgan fingerprint density at radius 2 is 1.31 bits per heavy atom. The minimum atomic E-state index is -1.94. The van der Waals surface area contributed by atoms with Gasteiger partial charge in [0.15, 0.2) is 6.10 Å². The van der Waals surface area contributed by atoms with Crippen molar-refractivity contribution in [1.29, 1.82) is 0 Å². The summed E-state index contributed by atoms with van der Waals surface area (Å²) < 4.78 is 37.3. The predicted octanol–water partition coefficient (Wildman–Crippen LogP) is -2.65. The van der Waals surface area contributed by atoms with Crippen LogP contribution in [0.1, 0.15) is 31.7 Å². The number of anilines is 1. The van der Waals surface area contributed by atoms with Crippen molar-refractivity contribution in [1.82, 2.24) is 15.5 Å². The minimum absolute atomic E-state index is 0.00299. The molecule has 0 spiro atoms. The van der Waals surface area contributed by atoms with E-state index in [0.29, 0.717) is 32.0 Å². The summed E-state index contributed by atoms with van der Waals surface area (Å²) in [7, 11) is 0. The Bertz CT molecular complexity index is 1570. The maximum atomic E-state index is 12.8. The van der Waals surface area contributed by atoms with Crippen LogP contribution in [0.15, 0.2) is 30.4 Å². The molecule has 0 aromatic heterocycles. The maximum Gasteiger partial charge on any atom is 0.335 e. The van der Waals surface area contributed by atoms with Crippen molar-refractivity contribution in [3.05, 3.63) is 35.9 Å². The van der Waals surface area contributed by atoms with E-state index in [1.54, 1.807) is 0 Å². The smallest absolute Gasteiger partial charge is 0.335 e. The number of hydrogen-bond acceptors (Lipinski definition) is 17. The molecule has 1 aromatic rings. The van der Waals surface area contributed by atoms with Gasteiger partial charge in [-0.1, -0.05) is 6.07 Å². The van der Waals surface area contributed by atoms with Gasteiger partial charge in [-0.2, -0.15) is 0 Å². The number of aliphatic carboxylic acids is 1. The van der Waals surface area contributed by atoms with Gasteiger partial charge in [-0.3, -0.25) is 33.7 Å². The number of carboxylic acids is 1. The van der Waals surface area contributed by atoms with E-state index in [-0.39, 0.29) is 95.2 Å². The third-order valence-corrected chi connectivity index (χ3v) is 8.11. The highest BCUT2D eigenvalue weighted by Gasteiger charge is 2.48. The van der Waals surface area contributed by atoms with E-state index in [9.17, 15) is 54.0 Å². The number of amides is 5. The van der Waals surface area contributed by atoms with Gasteiger partial charge in [-0.05, 0) is 17.7 Å². The van der Waals surface area contributed by atoms with Crippen LogP contribution in [0, 0.1) is 0 Å². The summed E-state index contributed by atoms with van der Waals surface area (Å²) in [5.74, 6) is -4.40. The number of carbonyl (C=O) groups excluding carboxylic acids is 6. The van der Waals surface area contributed by atoms with Gasteiger partial charge in [0.1, 0.15) is 30.7 Å². The lowest BCUT2D eigenvalue weighted by molar-refractivity contribution is -0.271. The van der Waals surface area contributed by atoms with E-state index in [2.05, 4.69) is 16.0 Å². The third-order valence-electron chi connectivity index (χ3n) is 8.11. The first-order valence-corrected chi connectivity index (χ1v) is 18.3. The Kier molecular flexibility index (Phi) is 20.7. The van der Waals surface area contributed by atoms with Crippen LogP contribution < -0.4 is 20.7 Å². The fourth-order valence-corrected chi connectivity index (χ4v) is 5.09. The molecule has 2 heterocycles. The summed E-state index contributed by atoms with van der Waals surface area (Å²) in [6.45, 7) is 3.38. The van der Waals surface area contributed by atoms with E-state index in [1.165, 1.54) is 25.1 Å². The second kappa shape index (κ2) is 25.3. The first-order chi connectivity index (χ1) is 27.8. The number of rotatable bonds is 27. The van der Waals surface area contributed by atoms with Crippen LogP contribution in [0.25, 0.3) is 0 Å². The van der Waals surface area contributed by atoms with Crippen molar-refractivity contribution in [2.24, 2.45) is 0 Å². The summed E-state index contributed by atoms with van der Waals surface area (Å²) in [6, 6.07) is 4.20. The van der Waals surface area contributed by atoms with Gasteiger partial charge in [0.2, 0.25) is 24.0 Å². The fraction of sp³-hybridized carbons (Fsp3) is 0.583. The lowest BCUT2D eigenvalue weighted by atomic mass is 9.99. The minimum Gasteiger partial charge on any atom is -0.479 e. The largest absolute Gasteiger partial charge is 0.479 e. The summed E-state index contributed by atoms with van der Waals surface area (Å²) >= 11 is 0. The summed E-state index contributed by atoms with van der Waals surface area (Å²) in [6.07, 6.45) is -7.22. The summed E-state index contributed by atoms with van der Waals surface area (Å²) in [5.41, 5.74) is 0.444. The molecule has 322 valence electrons. The Balaban J connectivity index is 1.22. The van der Waals surface area contributed by atoms with Crippen LogP contribution in [0.2, 0.25) is 0 Å². The molecule has 22 heteroatoms. The van der Waals surface area contributed by atoms with E-state index in [1.807, 2.05) is 0 Å². The van der Waals surface area contributed by atoms with Crippen molar-refractivity contribution in [2.75, 3.05) is 77.8 Å². The average molecular weight is 827 g/mol. The Labute approximate surface area is 332 Å². The van der Waals surface area contributed by atoms with Crippen molar-refractivity contribution < 1.29 is 87.1 Å². The zero-order chi connectivity index (χ0) is 42.5. The Morgan fingerprint density at radius 3 is 1.93 bits per heavy atom. The number of carbonyl (C=O) groups is 7. The Hall–Kier alpha value is -5.07. The van der Waals surface area contributed by atoms with Gasteiger partial charge in [0.05, 0.1) is 58.5 Å². The SMILES string of the molecule is CC(=O)OCc1ccc(O[C@@H]2O[C@H](C(=O)O)[C@H](O)[C@H](O)[C@@H]2O)c(NC(=O)CCNC(=O)CCOCCOCCOCCOCCNC(=O)CCN2C(=O)C=CC2=O)c1. The molecule has 58 heavy (non-hydrogen) atoms. The number of hydrogen-bond donors (Lipinski definition) is 7. The van der Waals surface area contributed by atoms with E-state index >= 15 is 0 Å². The highest BCUT2D eigenvalue weighted by Crippen LogP contribution is 2.31. The molecule has 0 unspecified atom stereocenters. The molecular weight excluding hydrogens is 776 g/mol. The van der Waals surface area contributed by atoms with Gasteiger partial charge < -0.3 is 69.5 Å². The summed E-state index contributed by atoms with van der Waals surface area (Å²) in [4.78, 5) is 83.5. The van der Waals surface area contributed by atoms with Crippen molar-refractivity contribution in [3.63, 3.8) is 0 Å². The average Bonchev–Trinajstić information content (AvgIpc) is 3.50. The van der Waals surface area contributed by atoms with Crippen LogP contribution in [-0.4, -0.2) is 170 Å². The number of ether oxygens (including phenoxy) is 7. The van der Waals surface area contributed by atoms with E-state index in [4.69, 9.17) is 33.2 Å². The second-order valence-corrected chi connectivity index (χ2v) is 12.6. The molecule has 1 fully saturated rings. The lowest BCUT2D eigenvalue weighted by Crippen LogP contribution is -2.61. The van der Waals surface area contributed by atoms with Gasteiger partial charge in [0.25, 0.3) is 11.8 Å². The molecule has 1 saturated heterocycles. The topological polar surface area (TPSA) is 304 Å². The number of aliphatic hydroxyl groups is 3. The molecule has 22 nitrogen and oxygen atoms in total. The van der Waals surface area contributed by atoms with Crippen molar-refractivity contribution in [3.8, 4) is 5.75 Å². The van der Waals surface area contributed by atoms with Crippen LogP contribution in [0.3, 0.4) is 0 Å². The fourth-order valence-electron chi connectivity index (χ4n) is 5.09. The number of nitrogens with zero attached hydrogens (tertiary/aromatic N) is 1. The number of aliphatic hydroxyl groups excluding tert-OH is 3. The van der Waals surface area contributed by atoms with Crippen LogP contribution in [0.4, 0.5) is 5.69 Å². The zero-order valence-electron chi connectivity index (χ0n) is 31.8. The molecule has 0 radical (unpaired) electrons. The molecule has 0 aliphatic carbocycles. The monoisotopic (exact) mass is 826 g/mol. The van der Waals surface area contributed by atoms with Crippen LogP contribution >= 0.6 is 0 Å². The van der Waals surface area contributed by atoms with Crippen LogP contribution in [0.5, 0.6) is 5.75 Å². The molecule has 2 aliphatic rings. The molecule has 0 saturated carbocycles. The molecule has 2 aliphatic heterocycles. The standard InChI is InChI=1S/C36H50N4O18/c1-22(41)56-21-23-2-3-25(57-36-33(49)31(47)32(48)34(58-36)35(50)51)24(20-23)39-28(44)6-9-37-27(43)8-12-52-14-16-54-18-19-55-17-15-53-13-10-38-26(42)7-11-40-29(45)4-5-30(40)46/h2-5,20,31-34,36,47-49H,6-19,21H2,1H3,(H,37,43)(H,38,42)(H,39,44)(H,50,51)/t31-,32+,33-,34-,36+/m0/s1. The number of nitrogens with one attached hydrogen (secondary N) is 3. The first kappa shape index (κ1) is 47.3. The van der Waals surface area contributed by atoms with Crippen LogP contribution in [-0.2, 0) is 68.6 Å². The van der Waals surface area contributed by atoms with E-state index in [0.717, 1.165) is 17.1 Å².